The van der Waals surface area contributed by atoms with Gasteiger partial charge in [0.15, 0.2) is 5.82 Å². The van der Waals surface area contributed by atoms with E-state index in [4.69, 9.17) is 9.26 Å². The molecule has 1 amide bonds. The number of halogens is 3. The van der Waals surface area contributed by atoms with E-state index in [-0.39, 0.29) is 12.2 Å². The number of nitrogens with one attached hydrogen (secondary N) is 2. The minimum absolute atomic E-state index is 0.0909. The fourth-order valence-electron chi connectivity index (χ4n) is 4.29. The zero-order valence-electron chi connectivity index (χ0n) is 17.8. The first kappa shape index (κ1) is 22.5. The Morgan fingerprint density at radius 2 is 1.94 bits per heavy atom. The van der Waals surface area contributed by atoms with Crippen LogP contribution in [0.2, 0.25) is 0 Å². The molecule has 1 saturated heterocycles. The largest absolute Gasteiger partial charge is 0.416 e. The van der Waals surface area contributed by atoms with Crippen LogP contribution in [0.15, 0.2) is 22.7 Å². The molecule has 2 aliphatic rings. The predicted octanol–water partition coefficient (Wildman–Crippen LogP) is 3.23. The van der Waals surface area contributed by atoms with E-state index in [9.17, 15) is 18.0 Å². The summed E-state index contributed by atoms with van der Waals surface area (Å²) in [4.78, 5) is 19.0. The van der Waals surface area contributed by atoms with Gasteiger partial charge >= 0.3 is 6.18 Å². The Kier molecular flexibility index (Phi) is 6.38. The summed E-state index contributed by atoms with van der Waals surface area (Å²) >= 11 is 0. The molecule has 1 aromatic heterocycles. The SMILES string of the molecule is Cc1nc(C2(NCC(=O)Nc3cc(C(F)(F)F)ccc3N3CCOCC3)CCCC2)no1. The number of hydrogen-bond donors (Lipinski definition) is 2. The molecule has 4 rings (SSSR count). The number of alkyl halides is 3. The fourth-order valence-corrected chi connectivity index (χ4v) is 4.29. The van der Waals surface area contributed by atoms with E-state index in [1.807, 2.05) is 4.90 Å². The van der Waals surface area contributed by atoms with Gasteiger partial charge in [-0.25, -0.2) is 0 Å². The summed E-state index contributed by atoms with van der Waals surface area (Å²) in [7, 11) is 0. The number of aryl methyl sites for hydroxylation is 1. The van der Waals surface area contributed by atoms with Gasteiger partial charge in [-0.2, -0.15) is 18.2 Å². The number of nitrogens with zero attached hydrogens (tertiary/aromatic N) is 3. The highest BCUT2D eigenvalue weighted by atomic mass is 19.4. The van der Waals surface area contributed by atoms with Gasteiger partial charge in [-0.1, -0.05) is 18.0 Å². The lowest BCUT2D eigenvalue weighted by Gasteiger charge is -2.31. The number of benzene rings is 1. The number of carbonyl (C=O) groups excluding carboxylic acids is 1. The first-order valence-corrected chi connectivity index (χ1v) is 10.7. The smallest absolute Gasteiger partial charge is 0.378 e. The molecular formula is C21H26F3N5O3. The summed E-state index contributed by atoms with van der Waals surface area (Å²) in [5.41, 5.74) is -0.716. The molecule has 2 aromatic rings. The lowest BCUT2D eigenvalue weighted by Crippen LogP contribution is -2.45. The Morgan fingerprint density at radius 3 is 2.56 bits per heavy atom. The highest BCUT2D eigenvalue weighted by Gasteiger charge is 2.40. The Balaban J connectivity index is 1.51. The maximum Gasteiger partial charge on any atom is 0.416 e. The van der Waals surface area contributed by atoms with Crippen LogP contribution in [-0.4, -0.2) is 48.9 Å². The lowest BCUT2D eigenvalue weighted by molar-refractivity contribution is -0.137. The molecule has 2 fully saturated rings. The van der Waals surface area contributed by atoms with Crippen molar-refractivity contribution in [3.05, 3.63) is 35.5 Å². The third-order valence-corrected chi connectivity index (χ3v) is 5.95. The maximum atomic E-state index is 13.3. The summed E-state index contributed by atoms with van der Waals surface area (Å²) in [5.74, 6) is 0.510. The van der Waals surface area contributed by atoms with Crippen molar-refractivity contribution < 1.29 is 27.2 Å². The van der Waals surface area contributed by atoms with E-state index in [0.29, 0.717) is 43.7 Å². The Bertz CT molecular complexity index is 950. The Hall–Kier alpha value is -2.66. The molecule has 1 aromatic carbocycles. The summed E-state index contributed by atoms with van der Waals surface area (Å²) in [6, 6.07) is 3.42. The standard InChI is InChI=1S/C21H26F3N5O3/c1-14-26-19(28-32-14)20(6-2-3-7-20)25-13-18(30)27-16-12-15(21(22,23)24)4-5-17(16)29-8-10-31-11-9-29/h4-5,12,25H,2-3,6-11,13H2,1H3,(H,27,30). The molecule has 11 heteroatoms. The van der Waals surface area contributed by atoms with E-state index < -0.39 is 23.2 Å². The summed E-state index contributed by atoms with van der Waals surface area (Å²) in [6.45, 7) is 3.63. The highest BCUT2D eigenvalue weighted by Crippen LogP contribution is 2.38. The number of morpholine rings is 1. The van der Waals surface area contributed by atoms with Crippen LogP contribution < -0.4 is 15.5 Å². The summed E-state index contributed by atoms with van der Waals surface area (Å²) in [6.07, 6.45) is -1.09. The normalized spacial score (nSPS) is 18.7. The first-order valence-electron chi connectivity index (χ1n) is 10.7. The molecule has 32 heavy (non-hydrogen) atoms. The Morgan fingerprint density at radius 1 is 1.22 bits per heavy atom. The number of ether oxygens (including phenoxy) is 1. The minimum atomic E-state index is -4.51. The van der Waals surface area contributed by atoms with Gasteiger partial charge in [0.05, 0.1) is 42.2 Å². The van der Waals surface area contributed by atoms with Gasteiger partial charge in [-0.15, -0.1) is 0 Å². The molecule has 0 atom stereocenters. The second-order valence-electron chi connectivity index (χ2n) is 8.16. The predicted molar refractivity (Wildman–Crippen MR) is 110 cm³/mol. The van der Waals surface area contributed by atoms with Crippen LogP contribution in [0, 0.1) is 6.92 Å². The molecule has 1 saturated carbocycles. The number of hydrogen-bond acceptors (Lipinski definition) is 7. The van der Waals surface area contributed by atoms with Crippen molar-refractivity contribution >= 4 is 17.3 Å². The van der Waals surface area contributed by atoms with Crippen LogP contribution in [0.4, 0.5) is 24.5 Å². The quantitative estimate of drug-likeness (QED) is 0.694. The van der Waals surface area contributed by atoms with Crippen molar-refractivity contribution in [1.82, 2.24) is 15.5 Å². The third-order valence-electron chi connectivity index (χ3n) is 5.95. The second kappa shape index (κ2) is 9.07. The van der Waals surface area contributed by atoms with Crippen LogP contribution in [0.1, 0.15) is 43.0 Å². The number of rotatable bonds is 6. The summed E-state index contributed by atoms with van der Waals surface area (Å²) in [5, 5.41) is 9.93. The van der Waals surface area contributed by atoms with E-state index in [2.05, 4.69) is 20.8 Å². The minimum Gasteiger partial charge on any atom is -0.378 e. The lowest BCUT2D eigenvalue weighted by atomic mass is 9.96. The van der Waals surface area contributed by atoms with Crippen LogP contribution in [0.25, 0.3) is 0 Å². The van der Waals surface area contributed by atoms with Crippen molar-refractivity contribution in [2.45, 2.75) is 44.3 Å². The third kappa shape index (κ3) is 4.88. The molecule has 1 aliphatic heterocycles. The molecule has 1 aliphatic carbocycles. The molecular weight excluding hydrogens is 427 g/mol. The average molecular weight is 453 g/mol. The van der Waals surface area contributed by atoms with Gasteiger partial charge in [0.2, 0.25) is 11.8 Å². The summed E-state index contributed by atoms with van der Waals surface area (Å²) < 4.78 is 50.3. The van der Waals surface area contributed by atoms with Gasteiger partial charge in [0.25, 0.3) is 0 Å². The van der Waals surface area contributed by atoms with E-state index in [0.717, 1.165) is 37.8 Å². The molecule has 0 spiro atoms. The van der Waals surface area contributed by atoms with Gasteiger partial charge < -0.3 is 19.5 Å². The van der Waals surface area contributed by atoms with Crippen LogP contribution in [-0.2, 0) is 21.2 Å². The monoisotopic (exact) mass is 453 g/mol. The average Bonchev–Trinajstić information content (AvgIpc) is 3.42. The Labute approximate surface area is 183 Å². The molecule has 174 valence electrons. The molecule has 0 radical (unpaired) electrons. The van der Waals surface area contributed by atoms with Gasteiger partial charge in [0, 0.05) is 20.0 Å². The first-order chi connectivity index (χ1) is 15.3. The number of aromatic nitrogens is 2. The van der Waals surface area contributed by atoms with E-state index in [1.165, 1.54) is 6.07 Å². The van der Waals surface area contributed by atoms with Crippen molar-refractivity contribution in [2.75, 3.05) is 43.1 Å². The molecule has 2 N–H and O–H groups in total. The van der Waals surface area contributed by atoms with Gasteiger partial charge in [-0.05, 0) is 31.0 Å². The van der Waals surface area contributed by atoms with Crippen molar-refractivity contribution in [2.24, 2.45) is 0 Å². The molecule has 2 heterocycles. The van der Waals surface area contributed by atoms with Crippen molar-refractivity contribution in [1.29, 1.82) is 0 Å². The number of anilines is 2. The number of amides is 1. The zero-order chi connectivity index (χ0) is 22.8. The number of carbonyl (C=O) groups is 1. The second-order valence-corrected chi connectivity index (χ2v) is 8.16. The van der Waals surface area contributed by atoms with Crippen molar-refractivity contribution in [3.8, 4) is 0 Å². The molecule has 0 bridgehead atoms. The van der Waals surface area contributed by atoms with Gasteiger partial charge in [0.1, 0.15) is 0 Å². The van der Waals surface area contributed by atoms with E-state index >= 15 is 0 Å². The van der Waals surface area contributed by atoms with Crippen molar-refractivity contribution in [3.63, 3.8) is 0 Å². The highest BCUT2D eigenvalue weighted by molar-refractivity contribution is 5.96. The van der Waals surface area contributed by atoms with Crippen LogP contribution in [0.5, 0.6) is 0 Å². The molecule has 0 unspecified atom stereocenters. The maximum absolute atomic E-state index is 13.3. The van der Waals surface area contributed by atoms with Crippen LogP contribution in [0.3, 0.4) is 0 Å². The zero-order valence-corrected chi connectivity index (χ0v) is 17.8. The topological polar surface area (TPSA) is 92.5 Å². The van der Waals surface area contributed by atoms with Gasteiger partial charge in [-0.3, -0.25) is 10.1 Å². The van der Waals surface area contributed by atoms with Crippen LogP contribution >= 0.6 is 0 Å². The molecule has 8 nitrogen and oxygen atoms in total. The fraction of sp³-hybridized carbons (Fsp3) is 0.571. The van der Waals surface area contributed by atoms with E-state index in [1.54, 1.807) is 6.92 Å².